The smallest absolute Gasteiger partial charge is 0.311 e. The van der Waals surface area contributed by atoms with Gasteiger partial charge in [0.15, 0.2) is 5.75 Å². The quantitative estimate of drug-likeness (QED) is 0.397. The summed E-state index contributed by atoms with van der Waals surface area (Å²) in [6.07, 6.45) is 1.50. The van der Waals surface area contributed by atoms with Crippen LogP contribution in [0.3, 0.4) is 0 Å². The molecule has 27 heavy (non-hydrogen) atoms. The number of nitriles is 1. The van der Waals surface area contributed by atoms with Gasteiger partial charge in [-0.15, -0.1) is 11.3 Å². The van der Waals surface area contributed by atoms with E-state index in [1.807, 2.05) is 29.6 Å². The Kier molecular flexibility index (Phi) is 5.15. The van der Waals surface area contributed by atoms with Crippen molar-refractivity contribution < 1.29 is 14.8 Å². The molecule has 0 aliphatic rings. The highest BCUT2D eigenvalue weighted by atomic mass is 32.1. The van der Waals surface area contributed by atoms with Crippen LogP contribution in [-0.4, -0.2) is 22.1 Å². The van der Waals surface area contributed by atoms with Crippen LogP contribution in [0.5, 0.6) is 11.5 Å². The van der Waals surface area contributed by atoms with Gasteiger partial charge >= 0.3 is 5.69 Å². The number of nitro groups is 1. The first-order valence-electron chi connectivity index (χ1n) is 7.71. The maximum atomic E-state index is 11.0. The van der Waals surface area contributed by atoms with Gasteiger partial charge in [-0.05, 0) is 29.8 Å². The Hall–Kier alpha value is -3.70. The second-order valence-corrected chi connectivity index (χ2v) is 6.30. The SMILES string of the molecule is COc1cccc(-c2csc(/C(C#N)=C\c3ccc(O)c([N+](=O)[O-])c3)n2)c1. The predicted octanol–water partition coefficient (Wildman–Crippen LogP) is 4.50. The molecule has 2 aromatic carbocycles. The Labute approximate surface area is 158 Å². The van der Waals surface area contributed by atoms with Gasteiger partial charge in [0.1, 0.15) is 16.8 Å². The lowest BCUT2D eigenvalue weighted by Gasteiger charge is -2.01. The molecule has 3 aromatic rings. The molecule has 0 saturated heterocycles. The maximum absolute atomic E-state index is 11.0. The molecule has 8 heteroatoms. The third kappa shape index (κ3) is 3.94. The van der Waals surface area contributed by atoms with Crippen LogP contribution in [0, 0.1) is 21.4 Å². The molecule has 0 radical (unpaired) electrons. The zero-order valence-electron chi connectivity index (χ0n) is 14.1. The minimum absolute atomic E-state index is 0.272. The van der Waals surface area contributed by atoms with E-state index in [-0.39, 0.29) is 5.57 Å². The summed E-state index contributed by atoms with van der Waals surface area (Å²) < 4.78 is 5.21. The van der Waals surface area contributed by atoms with Crippen LogP contribution in [0.4, 0.5) is 5.69 Å². The second-order valence-electron chi connectivity index (χ2n) is 5.44. The summed E-state index contributed by atoms with van der Waals surface area (Å²) in [4.78, 5) is 14.8. The molecule has 0 fully saturated rings. The van der Waals surface area contributed by atoms with Crippen molar-refractivity contribution in [2.75, 3.05) is 7.11 Å². The van der Waals surface area contributed by atoms with Gasteiger partial charge in [0.25, 0.3) is 0 Å². The van der Waals surface area contributed by atoms with E-state index in [1.54, 1.807) is 7.11 Å². The fourth-order valence-electron chi connectivity index (χ4n) is 2.40. The van der Waals surface area contributed by atoms with Crippen LogP contribution in [0.25, 0.3) is 22.9 Å². The topological polar surface area (TPSA) is 109 Å². The summed E-state index contributed by atoms with van der Waals surface area (Å²) in [5, 5.41) is 32.3. The monoisotopic (exact) mass is 379 g/mol. The number of methoxy groups -OCH3 is 1. The standard InChI is InChI=1S/C19H13N3O4S/c1-26-15-4-2-3-13(9-15)16-11-27-19(21-16)14(10-20)7-12-5-6-18(23)17(8-12)22(24)25/h2-9,11,23H,1H3/b14-7-. The molecule has 0 aliphatic heterocycles. The molecule has 134 valence electrons. The van der Waals surface area contributed by atoms with Crippen LogP contribution >= 0.6 is 11.3 Å². The lowest BCUT2D eigenvalue weighted by atomic mass is 10.1. The fraction of sp³-hybridized carbons (Fsp3) is 0.0526. The molecule has 0 amide bonds. The zero-order chi connectivity index (χ0) is 19.4. The molecule has 3 rings (SSSR count). The molecule has 1 aromatic heterocycles. The van der Waals surface area contributed by atoms with E-state index in [0.29, 0.717) is 22.0 Å². The highest BCUT2D eigenvalue weighted by Crippen LogP contribution is 2.31. The van der Waals surface area contributed by atoms with E-state index < -0.39 is 16.4 Å². The van der Waals surface area contributed by atoms with Gasteiger partial charge in [-0.25, -0.2) is 4.98 Å². The molecule has 0 aliphatic carbocycles. The first kappa shape index (κ1) is 18.1. The summed E-state index contributed by atoms with van der Waals surface area (Å²) in [6, 6.07) is 13.4. The Morgan fingerprint density at radius 2 is 2.19 bits per heavy atom. The first-order chi connectivity index (χ1) is 13.0. The number of aromatic nitrogens is 1. The molecule has 0 unspecified atom stereocenters. The van der Waals surface area contributed by atoms with Gasteiger partial charge < -0.3 is 9.84 Å². The Bertz CT molecular complexity index is 1080. The van der Waals surface area contributed by atoms with Crippen molar-refractivity contribution in [2.45, 2.75) is 0 Å². The van der Waals surface area contributed by atoms with Gasteiger partial charge in [0.05, 0.1) is 23.3 Å². The number of nitrogens with zero attached hydrogens (tertiary/aromatic N) is 3. The van der Waals surface area contributed by atoms with Crippen molar-refractivity contribution in [3.63, 3.8) is 0 Å². The highest BCUT2D eigenvalue weighted by Gasteiger charge is 2.14. The summed E-state index contributed by atoms with van der Waals surface area (Å²) >= 11 is 1.30. The van der Waals surface area contributed by atoms with E-state index in [0.717, 1.165) is 5.56 Å². The summed E-state index contributed by atoms with van der Waals surface area (Å²) in [5.41, 5.74) is 1.83. The molecular weight excluding hydrogens is 366 g/mol. The van der Waals surface area contributed by atoms with E-state index in [4.69, 9.17) is 4.74 Å². The van der Waals surface area contributed by atoms with E-state index >= 15 is 0 Å². The number of phenolic OH excluding ortho intramolecular Hbond substituents is 1. The van der Waals surface area contributed by atoms with E-state index in [1.165, 1.54) is 35.6 Å². The number of benzene rings is 2. The predicted molar refractivity (Wildman–Crippen MR) is 102 cm³/mol. The van der Waals surface area contributed by atoms with Crippen molar-refractivity contribution in [3.8, 4) is 28.8 Å². The number of allylic oxidation sites excluding steroid dienone is 1. The molecular formula is C19H13N3O4S. The van der Waals surface area contributed by atoms with Gasteiger partial charge in [-0.3, -0.25) is 10.1 Å². The van der Waals surface area contributed by atoms with Crippen LogP contribution in [0.1, 0.15) is 10.6 Å². The molecule has 0 spiro atoms. The number of phenols is 1. The third-order valence-electron chi connectivity index (χ3n) is 3.73. The molecule has 0 saturated carbocycles. The Morgan fingerprint density at radius 1 is 1.37 bits per heavy atom. The number of hydrogen-bond donors (Lipinski definition) is 1. The maximum Gasteiger partial charge on any atom is 0.311 e. The fourth-order valence-corrected chi connectivity index (χ4v) is 3.19. The molecule has 0 bridgehead atoms. The third-order valence-corrected chi connectivity index (χ3v) is 4.60. The normalized spacial score (nSPS) is 11.0. The summed E-state index contributed by atoms with van der Waals surface area (Å²) in [7, 11) is 1.58. The summed E-state index contributed by atoms with van der Waals surface area (Å²) in [6.45, 7) is 0. The first-order valence-corrected chi connectivity index (χ1v) is 8.59. The molecule has 0 atom stereocenters. The molecule has 1 N–H and O–H groups in total. The lowest BCUT2D eigenvalue weighted by Crippen LogP contribution is -1.89. The average Bonchev–Trinajstić information content (AvgIpc) is 3.17. The largest absolute Gasteiger partial charge is 0.502 e. The minimum atomic E-state index is -0.678. The number of aromatic hydroxyl groups is 1. The van der Waals surface area contributed by atoms with Gasteiger partial charge in [-0.1, -0.05) is 18.2 Å². The number of nitro benzene ring substituents is 1. The number of rotatable bonds is 5. The van der Waals surface area contributed by atoms with Crippen LogP contribution < -0.4 is 4.74 Å². The zero-order valence-corrected chi connectivity index (χ0v) is 14.9. The number of thiazole rings is 1. The minimum Gasteiger partial charge on any atom is -0.502 e. The number of ether oxygens (including phenoxy) is 1. The van der Waals surface area contributed by atoms with E-state index in [9.17, 15) is 20.5 Å². The van der Waals surface area contributed by atoms with Crippen LogP contribution in [-0.2, 0) is 0 Å². The van der Waals surface area contributed by atoms with Gasteiger partial charge in [-0.2, -0.15) is 5.26 Å². The summed E-state index contributed by atoms with van der Waals surface area (Å²) in [5.74, 6) is 0.278. The number of hydrogen-bond acceptors (Lipinski definition) is 7. The molecule has 1 heterocycles. The highest BCUT2D eigenvalue weighted by molar-refractivity contribution is 7.11. The Balaban J connectivity index is 1.96. The van der Waals surface area contributed by atoms with Crippen LogP contribution in [0.15, 0.2) is 47.8 Å². The van der Waals surface area contributed by atoms with Crippen molar-refractivity contribution in [1.82, 2.24) is 4.98 Å². The second kappa shape index (κ2) is 7.68. The van der Waals surface area contributed by atoms with Gasteiger partial charge in [0, 0.05) is 17.0 Å². The Morgan fingerprint density at radius 3 is 2.89 bits per heavy atom. The van der Waals surface area contributed by atoms with Crippen LogP contribution in [0.2, 0.25) is 0 Å². The van der Waals surface area contributed by atoms with Crippen molar-refractivity contribution in [1.29, 1.82) is 5.26 Å². The van der Waals surface area contributed by atoms with Crippen molar-refractivity contribution in [3.05, 3.63) is 68.5 Å². The van der Waals surface area contributed by atoms with E-state index in [2.05, 4.69) is 11.1 Å². The van der Waals surface area contributed by atoms with Crippen molar-refractivity contribution in [2.24, 2.45) is 0 Å². The van der Waals surface area contributed by atoms with Crippen molar-refractivity contribution >= 4 is 28.7 Å². The van der Waals surface area contributed by atoms with Gasteiger partial charge in [0.2, 0.25) is 0 Å². The lowest BCUT2D eigenvalue weighted by molar-refractivity contribution is -0.385. The average molecular weight is 379 g/mol. The molecule has 7 nitrogen and oxygen atoms in total.